The number of aryl methyl sites for hydroxylation is 1. The molecule has 102 valence electrons. The largest absolute Gasteiger partial charge is 0.385 e. The third-order valence-electron chi connectivity index (χ3n) is 3.81. The summed E-state index contributed by atoms with van der Waals surface area (Å²) in [5, 5.41) is 8.28. The number of ether oxygens (including phenoxy) is 1. The molecule has 0 aliphatic heterocycles. The van der Waals surface area contributed by atoms with E-state index in [0.717, 1.165) is 50.6 Å². The summed E-state index contributed by atoms with van der Waals surface area (Å²) in [5.41, 5.74) is 5.93. The van der Waals surface area contributed by atoms with E-state index in [9.17, 15) is 0 Å². The van der Waals surface area contributed by atoms with Crippen molar-refractivity contribution >= 4 is 0 Å². The van der Waals surface area contributed by atoms with Crippen molar-refractivity contribution in [1.82, 2.24) is 14.8 Å². The van der Waals surface area contributed by atoms with Gasteiger partial charge in [-0.2, -0.15) is 0 Å². The lowest BCUT2D eigenvalue weighted by Crippen LogP contribution is -2.27. The molecule has 1 aromatic rings. The molecule has 0 unspecified atom stereocenters. The van der Waals surface area contributed by atoms with Gasteiger partial charge in [0.1, 0.15) is 12.2 Å². The minimum atomic E-state index is 0.417. The van der Waals surface area contributed by atoms with Crippen molar-refractivity contribution in [3.05, 3.63) is 12.2 Å². The van der Waals surface area contributed by atoms with E-state index in [1.54, 1.807) is 7.11 Å². The van der Waals surface area contributed by atoms with Gasteiger partial charge in [-0.1, -0.05) is 0 Å². The van der Waals surface area contributed by atoms with Crippen LogP contribution >= 0.6 is 0 Å². The smallest absolute Gasteiger partial charge is 0.133 e. The Balaban J connectivity index is 1.83. The van der Waals surface area contributed by atoms with Crippen LogP contribution in [0.1, 0.15) is 37.9 Å². The molecule has 0 bridgehead atoms. The first-order valence-electron chi connectivity index (χ1n) is 6.90. The molecule has 0 amide bonds. The van der Waals surface area contributed by atoms with Gasteiger partial charge in [-0.05, 0) is 38.0 Å². The Labute approximate surface area is 109 Å². The van der Waals surface area contributed by atoms with Crippen molar-refractivity contribution in [1.29, 1.82) is 0 Å². The summed E-state index contributed by atoms with van der Waals surface area (Å²) in [6, 6.07) is 0.417. The molecule has 0 atom stereocenters. The monoisotopic (exact) mass is 252 g/mol. The fourth-order valence-electron chi connectivity index (χ4n) is 2.65. The van der Waals surface area contributed by atoms with Crippen LogP contribution in [0, 0.1) is 5.92 Å². The van der Waals surface area contributed by atoms with Crippen LogP contribution in [-0.4, -0.2) is 34.5 Å². The Kier molecular flexibility index (Phi) is 5.13. The summed E-state index contributed by atoms with van der Waals surface area (Å²) < 4.78 is 7.23. The highest BCUT2D eigenvalue weighted by atomic mass is 16.5. The first-order valence-corrected chi connectivity index (χ1v) is 6.90. The SMILES string of the molecule is COCCCn1cnnc1CC1CCC(N)CC1. The molecule has 0 aromatic carbocycles. The zero-order valence-corrected chi connectivity index (χ0v) is 11.2. The lowest BCUT2D eigenvalue weighted by atomic mass is 9.84. The van der Waals surface area contributed by atoms with Crippen molar-refractivity contribution in [2.24, 2.45) is 11.7 Å². The fourth-order valence-corrected chi connectivity index (χ4v) is 2.65. The molecule has 1 saturated carbocycles. The van der Waals surface area contributed by atoms with Gasteiger partial charge < -0.3 is 15.0 Å². The molecule has 1 aliphatic rings. The highest BCUT2D eigenvalue weighted by molar-refractivity contribution is 4.90. The second-order valence-electron chi connectivity index (χ2n) is 5.27. The van der Waals surface area contributed by atoms with Gasteiger partial charge in [0.25, 0.3) is 0 Å². The summed E-state index contributed by atoms with van der Waals surface area (Å²) in [5.74, 6) is 1.85. The topological polar surface area (TPSA) is 66.0 Å². The molecule has 18 heavy (non-hydrogen) atoms. The minimum absolute atomic E-state index is 0.417. The fraction of sp³-hybridized carbons (Fsp3) is 0.846. The maximum atomic E-state index is 5.93. The summed E-state index contributed by atoms with van der Waals surface area (Å²) in [6.45, 7) is 1.73. The molecule has 1 aliphatic carbocycles. The number of aromatic nitrogens is 3. The zero-order valence-electron chi connectivity index (χ0n) is 11.2. The minimum Gasteiger partial charge on any atom is -0.385 e. The van der Waals surface area contributed by atoms with Crippen LogP contribution in [0.4, 0.5) is 0 Å². The highest BCUT2D eigenvalue weighted by Crippen LogP contribution is 2.25. The van der Waals surface area contributed by atoms with E-state index in [-0.39, 0.29) is 0 Å². The van der Waals surface area contributed by atoms with Gasteiger partial charge in [-0.15, -0.1) is 10.2 Å². The van der Waals surface area contributed by atoms with Crippen LogP contribution < -0.4 is 5.73 Å². The lowest BCUT2D eigenvalue weighted by Gasteiger charge is -2.25. The average molecular weight is 252 g/mol. The van der Waals surface area contributed by atoms with Gasteiger partial charge in [0.05, 0.1) is 0 Å². The first-order chi connectivity index (χ1) is 8.79. The number of methoxy groups -OCH3 is 1. The van der Waals surface area contributed by atoms with E-state index in [1.165, 1.54) is 12.8 Å². The summed E-state index contributed by atoms with van der Waals surface area (Å²) in [7, 11) is 1.73. The molecule has 5 heteroatoms. The molecule has 1 heterocycles. The van der Waals surface area contributed by atoms with Crippen molar-refractivity contribution < 1.29 is 4.74 Å². The van der Waals surface area contributed by atoms with E-state index in [1.807, 2.05) is 6.33 Å². The van der Waals surface area contributed by atoms with Crippen LogP contribution in [0.15, 0.2) is 6.33 Å². The number of hydrogen-bond acceptors (Lipinski definition) is 4. The molecule has 0 radical (unpaired) electrons. The maximum Gasteiger partial charge on any atom is 0.133 e. The average Bonchev–Trinajstić information content (AvgIpc) is 2.80. The molecule has 0 saturated heterocycles. The first kappa shape index (κ1) is 13.5. The molecular weight excluding hydrogens is 228 g/mol. The standard InChI is InChI=1S/C13H24N4O/c1-18-8-2-7-17-10-15-16-13(17)9-11-3-5-12(14)6-4-11/h10-12H,2-9,14H2,1H3. The highest BCUT2D eigenvalue weighted by Gasteiger charge is 2.20. The third-order valence-corrected chi connectivity index (χ3v) is 3.81. The van der Waals surface area contributed by atoms with Crippen molar-refractivity contribution in [3.63, 3.8) is 0 Å². The predicted molar refractivity (Wildman–Crippen MR) is 70.2 cm³/mol. The second-order valence-corrected chi connectivity index (χ2v) is 5.27. The molecule has 2 rings (SSSR count). The van der Waals surface area contributed by atoms with E-state index in [4.69, 9.17) is 10.5 Å². The van der Waals surface area contributed by atoms with Gasteiger partial charge >= 0.3 is 0 Å². The van der Waals surface area contributed by atoms with Crippen LogP contribution in [0.5, 0.6) is 0 Å². The second kappa shape index (κ2) is 6.85. The van der Waals surface area contributed by atoms with Gasteiger partial charge in [-0.3, -0.25) is 0 Å². The van der Waals surface area contributed by atoms with E-state index in [2.05, 4.69) is 14.8 Å². The van der Waals surface area contributed by atoms with Crippen molar-refractivity contribution in [2.45, 2.75) is 51.1 Å². The van der Waals surface area contributed by atoms with Crippen LogP contribution in [0.2, 0.25) is 0 Å². The Morgan fingerprint density at radius 1 is 1.39 bits per heavy atom. The van der Waals surface area contributed by atoms with E-state index >= 15 is 0 Å². The number of nitrogens with zero attached hydrogens (tertiary/aromatic N) is 3. The molecule has 1 aromatic heterocycles. The van der Waals surface area contributed by atoms with Crippen LogP contribution in [0.25, 0.3) is 0 Å². The van der Waals surface area contributed by atoms with E-state index in [0.29, 0.717) is 6.04 Å². The van der Waals surface area contributed by atoms with Crippen LogP contribution in [-0.2, 0) is 17.7 Å². The van der Waals surface area contributed by atoms with Crippen molar-refractivity contribution in [2.75, 3.05) is 13.7 Å². The van der Waals surface area contributed by atoms with E-state index < -0.39 is 0 Å². The normalized spacial score (nSPS) is 24.3. The van der Waals surface area contributed by atoms with Gasteiger partial charge in [0.15, 0.2) is 0 Å². The quantitative estimate of drug-likeness (QED) is 0.777. The predicted octanol–water partition coefficient (Wildman–Crippen LogP) is 1.37. The Bertz CT molecular complexity index is 345. The van der Waals surface area contributed by atoms with Crippen molar-refractivity contribution in [3.8, 4) is 0 Å². The Hall–Kier alpha value is -0.940. The molecular formula is C13H24N4O. The molecule has 5 nitrogen and oxygen atoms in total. The Morgan fingerprint density at radius 2 is 2.17 bits per heavy atom. The number of nitrogens with two attached hydrogens (primary N) is 1. The Morgan fingerprint density at radius 3 is 2.89 bits per heavy atom. The molecule has 2 N–H and O–H groups in total. The molecule has 0 spiro atoms. The number of hydrogen-bond donors (Lipinski definition) is 1. The summed E-state index contributed by atoms with van der Waals surface area (Å²) in [6.07, 6.45) is 8.65. The summed E-state index contributed by atoms with van der Waals surface area (Å²) in [4.78, 5) is 0. The third kappa shape index (κ3) is 3.78. The maximum absolute atomic E-state index is 5.93. The van der Waals surface area contributed by atoms with Crippen LogP contribution in [0.3, 0.4) is 0 Å². The van der Waals surface area contributed by atoms with Gasteiger partial charge in [0, 0.05) is 32.7 Å². The van der Waals surface area contributed by atoms with Gasteiger partial charge in [0.2, 0.25) is 0 Å². The number of rotatable bonds is 6. The summed E-state index contributed by atoms with van der Waals surface area (Å²) >= 11 is 0. The zero-order chi connectivity index (χ0) is 12.8. The van der Waals surface area contributed by atoms with Gasteiger partial charge in [-0.25, -0.2) is 0 Å². The molecule has 1 fully saturated rings. The lowest BCUT2D eigenvalue weighted by molar-refractivity contribution is 0.189.